The highest BCUT2D eigenvalue weighted by atomic mass is 32.1. The Bertz CT molecular complexity index is 624. The van der Waals surface area contributed by atoms with Crippen LogP contribution < -0.4 is 11.1 Å². The minimum atomic E-state index is -0.621. The molecule has 1 aliphatic rings. The van der Waals surface area contributed by atoms with Gasteiger partial charge in [0.15, 0.2) is 0 Å². The number of anilines is 1. The Morgan fingerprint density at radius 3 is 2.74 bits per heavy atom. The van der Waals surface area contributed by atoms with E-state index in [1.165, 1.54) is 0 Å². The molecule has 3 N–H and O–H groups in total. The molecule has 0 aromatic carbocycles. The Kier molecular flexibility index (Phi) is 4.04. The lowest BCUT2D eigenvalue weighted by Gasteiger charge is -2.02. The van der Waals surface area contributed by atoms with Crippen molar-refractivity contribution in [1.82, 2.24) is 4.37 Å². The summed E-state index contributed by atoms with van der Waals surface area (Å²) in [6.07, 6.45) is 13.4. The van der Waals surface area contributed by atoms with Crippen LogP contribution in [-0.2, 0) is 4.79 Å². The van der Waals surface area contributed by atoms with Crippen LogP contribution >= 0.6 is 11.5 Å². The molecule has 5 nitrogen and oxygen atoms in total. The Morgan fingerprint density at radius 1 is 1.26 bits per heavy atom. The van der Waals surface area contributed by atoms with E-state index in [2.05, 4.69) is 9.69 Å². The van der Waals surface area contributed by atoms with Crippen molar-refractivity contribution in [3.05, 3.63) is 53.8 Å². The number of aromatic nitrogens is 1. The van der Waals surface area contributed by atoms with E-state index in [0.29, 0.717) is 17.1 Å². The van der Waals surface area contributed by atoms with E-state index in [0.717, 1.165) is 17.1 Å². The Balaban J connectivity index is 2.50. The van der Waals surface area contributed by atoms with Crippen molar-refractivity contribution in [3.8, 4) is 0 Å². The van der Waals surface area contributed by atoms with Crippen molar-refractivity contribution in [2.75, 3.05) is 5.32 Å². The highest BCUT2D eigenvalue weighted by Gasteiger charge is 2.20. The molecule has 0 bridgehead atoms. The molecule has 2 amide bonds. The second-order valence-corrected chi connectivity index (χ2v) is 4.39. The molecule has 0 aliphatic heterocycles. The van der Waals surface area contributed by atoms with Crippen molar-refractivity contribution in [2.24, 2.45) is 5.73 Å². The fraction of sp³-hybridized carbons (Fsp3) is 0. The minimum absolute atomic E-state index is 0.228. The number of primary amides is 1. The molecule has 96 valence electrons. The number of nitrogens with zero attached hydrogens (tertiary/aromatic N) is 1. The van der Waals surface area contributed by atoms with Crippen LogP contribution in [0.2, 0.25) is 0 Å². The quantitative estimate of drug-likeness (QED) is 0.821. The summed E-state index contributed by atoms with van der Waals surface area (Å²) in [5.74, 6) is -0.621. The fourth-order valence-electron chi connectivity index (χ4n) is 1.59. The smallest absolute Gasteiger partial charge is 0.254 e. The third kappa shape index (κ3) is 2.86. The summed E-state index contributed by atoms with van der Waals surface area (Å²) in [5.41, 5.74) is 6.81. The maximum Gasteiger partial charge on any atom is 0.254 e. The van der Waals surface area contributed by atoms with Gasteiger partial charge in [0.1, 0.15) is 10.6 Å². The van der Waals surface area contributed by atoms with Gasteiger partial charge in [0.2, 0.25) is 6.41 Å². The molecule has 0 saturated carbocycles. The molecular formula is C13H11N3O2S. The van der Waals surface area contributed by atoms with E-state index in [4.69, 9.17) is 5.73 Å². The first-order valence-corrected chi connectivity index (χ1v) is 6.23. The molecule has 6 heteroatoms. The van der Waals surface area contributed by atoms with E-state index in [9.17, 15) is 9.59 Å². The van der Waals surface area contributed by atoms with Crippen LogP contribution in [0, 0.1) is 0 Å². The van der Waals surface area contributed by atoms with Crippen LogP contribution in [0.4, 0.5) is 5.00 Å². The molecule has 0 unspecified atom stereocenters. The molecule has 1 aliphatic carbocycles. The minimum Gasteiger partial charge on any atom is -0.365 e. The summed E-state index contributed by atoms with van der Waals surface area (Å²) < 4.78 is 4.19. The molecule has 1 aromatic rings. The van der Waals surface area contributed by atoms with Gasteiger partial charge in [-0.2, -0.15) is 4.37 Å². The Morgan fingerprint density at radius 2 is 2.00 bits per heavy atom. The number of nitrogens with two attached hydrogens (primary N) is 1. The molecule has 1 heterocycles. The van der Waals surface area contributed by atoms with Crippen molar-refractivity contribution in [3.63, 3.8) is 0 Å². The number of hydrogen-bond acceptors (Lipinski definition) is 4. The van der Waals surface area contributed by atoms with Gasteiger partial charge in [0, 0.05) is 5.57 Å². The number of rotatable bonds is 4. The fourth-order valence-corrected chi connectivity index (χ4v) is 2.36. The van der Waals surface area contributed by atoms with E-state index >= 15 is 0 Å². The van der Waals surface area contributed by atoms with Gasteiger partial charge in [-0.1, -0.05) is 42.5 Å². The van der Waals surface area contributed by atoms with Crippen molar-refractivity contribution < 1.29 is 9.59 Å². The number of nitrogens with one attached hydrogen (secondary N) is 1. The van der Waals surface area contributed by atoms with E-state index < -0.39 is 5.91 Å². The molecule has 0 spiro atoms. The lowest BCUT2D eigenvalue weighted by Crippen LogP contribution is -2.14. The first-order chi connectivity index (χ1) is 9.24. The number of carbonyl (C=O) groups excluding carboxylic acids is 2. The van der Waals surface area contributed by atoms with Gasteiger partial charge < -0.3 is 11.1 Å². The van der Waals surface area contributed by atoms with Crippen LogP contribution in [0.25, 0.3) is 5.57 Å². The van der Waals surface area contributed by atoms with E-state index in [-0.39, 0.29) is 5.56 Å². The summed E-state index contributed by atoms with van der Waals surface area (Å²) in [6, 6.07) is 0. The number of amides is 2. The normalized spacial score (nSPS) is 21.4. The second kappa shape index (κ2) is 5.92. The SMILES string of the molecule is NC(=O)c1c(C2=C/C=C\C=C/C=C\2)nsc1NC=O. The molecule has 19 heavy (non-hydrogen) atoms. The van der Waals surface area contributed by atoms with Gasteiger partial charge in [-0.15, -0.1) is 0 Å². The largest absolute Gasteiger partial charge is 0.365 e. The maximum absolute atomic E-state index is 11.5. The molecule has 1 aromatic heterocycles. The van der Waals surface area contributed by atoms with Crippen LogP contribution in [-0.4, -0.2) is 16.7 Å². The predicted molar refractivity (Wildman–Crippen MR) is 75.7 cm³/mol. The van der Waals surface area contributed by atoms with Crippen LogP contribution in [0.5, 0.6) is 0 Å². The molecule has 0 saturated heterocycles. The lowest BCUT2D eigenvalue weighted by atomic mass is 10.1. The number of hydrogen-bond donors (Lipinski definition) is 2. The molecule has 2 rings (SSSR count). The zero-order chi connectivity index (χ0) is 13.7. The number of allylic oxidation sites excluding steroid dienone is 8. The first-order valence-electron chi connectivity index (χ1n) is 5.45. The van der Waals surface area contributed by atoms with Gasteiger partial charge in [-0.3, -0.25) is 9.59 Å². The Labute approximate surface area is 114 Å². The second-order valence-electron chi connectivity index (χ2n) is 3.61. The maximum atomic E-state index is 11.5. The third-order valence-electron chi connectivity index (χ3n) is 2.40. The van der Waals surface area contributed by atoms with E-state index in [1.54, 1.807) is 0 Å². The van der Waals surface area contributed by atoms with Gasteiger partial charge >= 0.3 is 0 Å². The standard InChI is InChI=1S/C13H11N3O2S/c14-12(18)10-11(16-19-13(10)15-8-17)9-6-4-2-1-3-5-7-9/h1-8H,(H2,14,18)(H,15,17)/b2-1-,3-1?,4-2?,5-3-,6-4-,7-5?,9-6?,9-7+. The summed E-state index contributed by atoms with van der Waals surface area (Å²) in [4.78, 5) is 22.0. The topological polar surface area (TPSA) is 85.1 Å². The van der Waals surface area contributed by atoms with Gasteiger partial charge in [0.25, 0.3) is 5.91 Å². The summed E-state index contributed by atoms with van der Waals surface area (Å²) in [6.45, 7) is 0. The zero-order valence-electron chi connectivity index (χ0n) is 9.87. The average molecular weight is 273 g/mol. The zero-order valence-corrected chi connectivity index (χ0v) is 10.7. The predicted octanol–water partition coefficient (Wildman–Crippen LogP) is 1.88. The monoisotopic (exact) mass is 273 g/mol. The molecule has 0 atom stereocenters. The van der Waals surface area contributed by atoms with Crippen LogP contribution in [0.1, 0.15) is 16.1 Å². The highest BCUT2D eigenvalue weighted by molar-refractivity contribution is 7.11. The van der Waals surface area contributed by atoms with E-state index in [1.807, 2.05) is 42.5 Å². The van der Waals surface area contributed by atoms with Gasteiger partial charge in [0.05, 0.1) is 5.69 Å². The van der Waals surface area contributed by atoms with Crippen molar-refractivity contribution >= 4 is 34.4 Å². The Hall–Kier alpha value is -2.47. The molecule has 0 fully saturated rings. The van der Waals surface area contributed by atoms with Gasteiger partial charge in [-0.05, 0) is 11.5 Å². The highest BCUT2D eigenvalue weighted by Crippen LogP contribution is 2.30. The first kappa shape index (κ1) is 13.0. The molecular weight excluding hydrogens is 262 g/mol. The van der Waals surface area contributed by atoms with Gasteiger partial charge in [-0.25, -0.2) is 0 Å². The molecule has 0 radical (unpaired) electrons. The summed E-state index contributed by atoms with van der Waals surface area (Å²) >= 11 is 1.02. The lowest BCUT2D eigenvalue weighted by molar-refractivity contribution is -0.105. The van der Waals surface area contributed by atoms with Crippen molar-refractivity contribution in [1.29, 1.82) is 0 Å². The number of carbonyl (C=O) groups is 2. The van der Waals surface area contributed by atoms with Crippen molar-refractivity contribution in [2.45, 2.75) is 0 Å². The van der Waals surface area contributed by atoms with Crippen LogP contribution in [0.15, 0.2) is 42.5 Å². The summed E-state index contributed by atoms with van der Waals surface area (Å²) in [7, 11) is 0. The average Bonchev–Trinajstić information content (AvgIpc) is 2.73. The summed E-state index contributed by atoms with van der Waals surface area (Å²) in [5, 5.41) is 2.79. The van der Waals surface area contributed by atoms with Crippen LogP contribution in [0.3, 0.4) is 0 Å². The third-order valence-corrected chi connectivity index (χ3v) is 3.18.